The molecule has 5 rings (SSSR count). The number of fused-ring (bicyclic) bond motifs is 7. The third-order valence-electron chi connectivity index (χ3n) is 11.6. The molecule has 0 bridgehead atoms. The number of carbonyl (C=O) groups excluding carboxylic acids is 2. The van der Waals surface area contributed by atoms with E-state index in [1.54, 1.807) is 19.9 Å². The van der Waals surface area contributed by atoms with E-state index in [-0.39, 0.29) is 52.0 Å². The molecule has 2 N–H and O–H groups in total. The van der Waals surface area contributed by atoms with E-state index in [0.29, 0.717) is 25.0 Å². The highest BCUT2D eigenvalue weighted by molar-refractivity contribution is 5.85. The first-order valence-electron chi connectivity index (χ1n) is 13.6. The van der Waals surface area contributed by atoms with Gasteiger partial charge in [0.25, 0.3) is 0 Å². The fraction of sp³-hybridized carbons (Fsp3) is 0.800. The Morgan fingerprint density at radius 1 is 1.17 bits per heavy atom. The maximum Gasteiger partial charge on any atom is 0.309 e. The summed E-state index contributed by atoms with van der Waals surface area (Å²) in [5.74, 6) is 0.352. The van der Waals surface area contributed by atoms with Gasteiger partial charge in [0.15, 0.2) is 0 Å². The van der Waals surface area contributed by atoms with Gasteiger partial charge in [-0.05, 0) is 63.2 Å². The highest BCUT2D eigenvalue weighted by Gasteiger charge is 2.73. The number of hydrogen-bond donors (Lipinski definition) is 2. The van der Waals surface area contributed by atoms with Gasteiger partial charge in [0.1, 0.15) is 11.9 Å². The molecule has 5 heteroatoms. The van der Waals surface area contributed by atoms with Crippen LogP contribution in [0.4, 0.5) is 0 Å². The topological polar surface area (TPSA) is 83.8 Å². The summed E-state index contributed by atoms with van der Waals surface area (Å²) in [5.41, 5.74) is -0.588. The number of aliphatic hydroxyl groups excluding tert-OH is 1. The van der Waals surface area contributed by atoms with Crippen LogP contribution in [0.3, 0.4) is 0 Å². The lowest BCUT2D eigenvalue weighted by Crippen LogP contribution is -2.61. The van der Waals surface area contributed by atoms with Gasteiger partial charge in [0.05, 0.1) is 17.6 Å². The van der Waals surface area contributed by atoms with Crippen molar-refractivity contribution < 1.29 is 24.5 Å². The summed E-state index contributed by atoms with van der Waals surface area (Å²) in [6.45, 7) is 14.5. The molecule has 0 aromatic rings. The molecule has 5 nitrogen and oxygen atoms in total. The first kappa shape index (κ1) is 25.2. The Hall–Kier alpha value is -1.46. The quantitative estimate of drug-likeness (QED) is 0.435. The van der Waals surface area contributed by atoms with Gasteiger partial charge in [-0.1, -0.05) is 58.4 Å². The second-order valence-electron chi connectivity index (χ2n) is 14.1. The molecule has 1 saturated heterocycles. The van der Waals surface area contributed by atoms with Crippen LogP contribution >= 0.6 is 0 Å². The number of hydrogen-bond acceptors (Lipinski definition) is 5. The maximum atomic E-state index is 12.9. The monoisotopic (exact) mass is 484 g/mol. The largest absolute Gasteiger partial charge is 0.462 e. The molecule has 3 saturated carbocycles. The van der Waals surface area contributed by atoms with Crippen molar-refractivity contribution >= 4 is 11.8 Å². The van der Waals surface area contributed by atoms with Crippen LogP contribution in [-0.2, 0) is 14.3 Å². The third-order valence-corrected chi connectivity index (χ3v) is 11.6. The molecule has 0 amide bonds. The zero-order valence-electron chi connectivity index (χ0n) is 22.6. The summed E-state index contributed by atoms with van der Waals surface area (Å²) >= 11 is 0. The average molecular weight is 485 g/mol. The summed E-state index contributed by atoms with van der Waals surface area (Å²) in [7, 11) is 0. The van der Waals surface area contributed by atoms with E-state index in [0.717, 1.165) is 19.3 Å². The average Bonchev–Trinajstić information content (AvgIpc) is 3.16. The predicted molar refractivity (Wildman–Crippen MR) is 134 cm³/mol. The molecule has 194 valence electrons. The van der Waals surface area contributed by atoms with Crippen LogP contribution in [0.2, 0.25) is 0 Å². The number of Topliss-reactive ketones (excluding diaryl/α,β-unsaturated/α-hetero) is 1. The van der Waals surface area contributed by atoms with Crippen molar-refractivity contribution in [3.05, 3.63) is 23.8 Å². The minimum absolute atomic E-state index is 0.0178. The fourth-order valence-corrected chi connectivity index (χ4v) is 9.54. The molecule has 0 aromatic heterocycles. The van der Waals surface area contributed by atoms with Crippen molar-refractivity contribution in [1.29, 1.82) is 0 Å². The highest BCUT2D eigenvalue weighted by Crippen LogP contribution is 2.74. The Bertz CT molecular complexity index is 1000. The number of carbonyl (C=O) groups is 2. The third kappa shape index (κ3) is 3.26. The van der Waals surface area contributed by atoms with E-state index in [4.69, 9.17) is 4.74 Å². The molecule has 0 unspecified atom stereocenters. The van der Waals surface area contributed by atoms with Crippen LogP contribution in [0.5, 0.6) is 0 Å². The summed E-state index contributed by atoms with van der Waals surface area (Å²) in [6, 6.07) is 0. The second-order valence-corrected chi connectivity index (χ2v) is 14.1. The van der Waals surface area contributed by atoms with Crippen LogP contribution in [0, 0.1) is 45.3 Å². The summed E-state index contributed by atoms with van der Waals surface area (Å²) in [5, 5.41) is 22.0. The zero-order chi connectivity index (χ0) is 25.8. The lowest BCUT2D eigenvalue weighted by atomic mass is 9.40. The molecule has 0 spiro atoms. The van der Waals surface area contributed by atoms with Crippen molar-refractivity contribution in [2.45, 2.75) is 105 Å². The van der Waals surface area contributed by atoms with Gasteiger partial charge in [-0.15, -0.1) is 0 Å². The molecule has 35 heavy (non-hydrogen) atoms. The number of rotatable bonds is 3. The smallest absolute Gasteiger partial charge is 0.309 e. The molecule has 9 atom stereocenters. The molecule has 0 radical (unpaired) electrons. The lowest BCUT2D eigenvalue weighted by Gasteiger charge is -2.64. The number of aliphatic hydroxyl groups is 2. The number of esters is 1. The van der Waals surface area contributed by atoms with Gasteiger partial charge in [-0.25, -0.2) is 0 Å². The first-order valence-corrected chi connectivity index (χ1v) is 13.6. The Balaban J connectivity index is 1.53. The van der Waals surface area contributed by atoms with E-state index in [1.807, 2.05) is 6.08 Å². The van der Waals surface area contributed by atoms with Gasteiger partial charge in [-0.3, -0.25) is 9.59 Å². The van der Waals surface area contributed by atoms with Gasteiger partial charge in [0.2, 0.25) is 0 Å². The first-order chi connectivity index (χ1) is 16.1. The summed E-state index contributed by atoms with van der Waals surface area (Å²) in [4.78, 5) is 25.8. The van der Waals surface area contributed by atoms with Crippen LogP contribution in [-0.4, -0.2) is 39.8 Å². The molecular formula is C30H44O5. The van der Waals surface area contributed by atoms with Gasteiger partial charge in [0, 0.05) is 28.6 Å². The van der Waals surface area contributed by atoms with E-state index in [9.17, 15) is 19.8 Å². The van der Waals surface area contributed by atoms with Crippen molar-refractivity contribution in [2.75, 3.05) is 0 Å². The minimum Gasteiger partial charge on any atom is -0.462 e. The minimum atomic E-state index is -0.929. The van der Waals surface area contributed by atoms with Crippen molar-refractivity contribution in [1.82, 2.24) is 0 Å². The maximum absolute atomic E-state index is 12.9. The Labute approximate surface area is 210 Å². The van der Waals surface area contributed by atoms with E-state index in [1.165, 1.54) is 5.57 Å². The molecule has 4 fully saturated rings. The van der Waals surface area contributed by atoms with Gasteiger partial charge >= 0.3 is 5.97 Å². The SMILES string of the molecule is CC(C)(O)C=CC[C@H]1C(=O)O[C@H]2C[C@]3(C)C4=CC[C@H]5C(C)(C)C(=O)CC[C@]5(C)[C@H]4C[C@@H](O)[C@@]3(C)[C@@H]21. The molecular weight excluding hydrogens is 440 g/mol. The van der Waals surface area contributed by atoms with Crippen LogP contribution in [0.15, 0.2) is 23.8 Å². The van der Waals surface area contributed by atoms with E-state index >= 15 is 0 Å². The number of ketones is 1. The van der Waals surface area contributed by atoms with E-state index in [2.05, 4.69) is 40.7 Å². The van der Waals surface area contributed by atoms with Crippen molar-refractivity contribution in [3.63, 3.8) is 0 Å². The molecule has 0 aromatic carbocycles. The molecule has 5 aliphatic rings. The fourth-order valence-electron chi connectivity index (χ4n) is 9.54. The number of allylic oxidation sites excluding steroid dienone is 3. The molecule has 4 aliphatic carbocycles. The second kappa shape index (κ2) is 7.54. The predicted octanol–water partition coefficient (Wildman–Crippen LogP) is 5.00. The van der Waals surface area contributed by atoms with Crippen LogP contribution < -0.4 is 0 Å². The Morgan fingerprint density at radius 3 is 2.51 bits per heavy atom. The van der Waals surface area contributed by atoms with Crippen LogP contribution in [0.25, 0.3) is 0 Å². The standard InChI is InChI=1S/C30H44O5/c1-26(2,34)13-8-9-17-24-20(35-25(17)33)16-29(6)18-10-11-21-27(3,4)22(31)12-14-28(21,5)19(18)15-23(32)30(24,29)7/h8,10,13,17,19-21,23-24,32,34H,9,11-12,14-16H2,1-7H3/t17-,19+,20+,21+,23-,24-,28-,29-,30+/m1/s1. The zero-order valence-corrected chi connectivity index (χ0v) is 22.6. The van der Waals surface area contributed by atoms with Crippen molar-refractivity contribution in [3.8, 4) is 0 Å². The normalized spacial score (nSPS) is 48.7. The Morgan fingerprint density at radius 2 is 1.86 bits per heavy atom. The highest BCUT2D eigenvalue weighted by atomic mass is 16.6. The summed E-state index contributed by atoms with van der Waals surface area (Å²) < 4.78 is 5.99. The lowest BCUT2D eigenvalue weighted by molar-refractivity contribution is -0.156. The molecule has 1 heterocycles. The van der Waals surface area contributed by atoms with Crippen LogP contribution in [0.1, 0.15) is 87.0 Å². The number of ether oxygens (including phenoxy) is 1. The molecule has 1 aliphatic heterocycles. The Kier molecular flexibility index (Phi) is 5.43. The van der Waals surface area contributed by atoms with E-state index < -0.39 is 17.1 Å². The van der Waals surface area contributed by atoms with Gasteiger partial charge < -0.3 is 14.9 Å². The summed E-state index contributed by atoms with van der Waals surface area (Å²) in [6.07, 6.45) is 9.65. The van der Waals surface area contributed by atoms with Gasteiger partial charge in [-0.2, -0.15) is 0 Å². The van der Waals surface area contributed by atoms with Crippen molar-refractivity contribution in [2.24, 2.45) is 45.3 Å².